The van der Waals surface area contributed by atoms with Gasteiger partial charge in [0, 0.05) is 19.5 Å². The molecule has 0 N–H and O–H groups in total. The van der Waals surface area contributed by atoms with E-state index >= 15 is 0 Å². The molecule has 0 unspecified atom stereocenters. The molecule has 2 nitrogen and oxygen atoms in total. The zero-order valence-electron chi connectivity index (χ0n) is 11.0. The summed E-state index contributed by atoms with van der Waals surface area (Å²) >= 11 is 0. The monoisotopic (exact) mass is 225 g/mol. The van der Waals surface area contributed by atoms with Gasteiger partial charge in [0.2, 0.25) is 5.91 Å². The fourth-order valence-corrected chi connectivity index (χ4v) is 2.56. The van der Waals surface area contributed by atoms with Crippen molar-refractivity contribution in [3.63, 3.8) is 0 Å². The summed E-state index contributed by atoms with van der Waals surface area (Å²) in [5.41, 5.74) is 0. The Bertz CT molecular complexity index is 195. The smallest absolute Gasteiger partial charge is 0.222 e. The van der Waals surface area contributed by atoms with Crippen LogP contribution in [0.15, 0.2) is 0 Å². The molecule has 0 atom stereocenters. The lowest BCUT2D eigenvalue weighted by atomic mass is 9.92. The van der Waals surface area contributed by atoms with Gasteiger partial charge in [-0.3, -0.25) is 4.79 Å². The topological polar surface area (TPSA) is 20.3 Å². The number of unbranched alkanes of at least 4 members (excludes halogenated alkanes) is 2. The van der Waals surface area contributed by atoms with Crippen molar-refractivity contribution >= 4 is 5.91 Å². The molecular weight excluding hydrogens is 198 g/mol. The maximum atomic E-state index is 11.9. The minimum atomic E-state index is 0.392. The SMILES string of the molecule is CCCCCC(=O)N1CCC(CCC)CC1. The first-order valence-corrected chi connectivity index (χ1v) is 7.05. The van der Waals surface area contributed by atoms with E-state index < -0.39 is 0 Å². The average Bonchev–Trinajstić information content (AvgIpc) is 2.30. The van der Waals surface area contributed by atoms with Gasteiger partial charge in [0.25, 0.3) is 0 Å². The average molecular weight is 225 g/mol. The van der Waals surface area contributed by atoms with Crippen molar-refractivity contribution < 1.29 is 4.79 Å². The van der Waals surface area contributed by atoms with Crippen molar-refractivity contribution in [3.05, 3.63) is 0 Å². The van der Waals surface area contributed by atoms with Crippen molar-refractivity contribution in [3.8, 4) is 0 Å². The van der Waals surface area contributed by atoms with Crippen molar-refractivity contribution in [2.45, 2.75) is 65.2 Å². The largest absolute Gasteiger partial charge is 0.343 e. The Morgan fingerprint density at radius 3 is 2.38 bits per heavy atom. The number of likely N-dealkylation sites (tertiary alicyclic amines) is 1. The molecule has 0 bridgehead atoms. The third-order valence-corrected chi connectivity index (χ3v) is 3.66. The van der Waals surface area contributed by atoms with E-state index in [1.165, 1.54) is 38.5 Å². The predicted octanol–water partition coefficient (Wildman–Crippen LogP) is 3.61. The van der Waals surface area contributed by atoms with E-state index in [4.69, 9.17) is 0 Å². The van der Waals surface area contributed by atoms with Gasteiger partial charge < -0.3 is 4.90 Å². The Balaban J connectivity index is 2.17. The number of rotatable bonds is 6. The van der Waals surface area contributed by atoms with E-state index in [9.17, 15) is 4.79 Å². The van der Waals surface area contributed by atoms with Crippen molar-refractivity contribution in [2.24, 2.45) is 5.92 Å². The van der Waals surface area contributed by atoms with Crippen molar-refractivity contribution in [1.82, 2.24) is 4.90 Å². The van der Waals surface area contributed by atoms with Gasteiger partial charge in [-0.25, -0.2) is 0 Å². The van der Waals surface area contributed by atoms with Crippen LogP contribution in [0.1, 0.15) is 65.2 Å². The van der Waals surface area contributed by atoms with Gasteiger partial charge in [-0.15, -0.1) is 0 Å². The van der Waals surface area contributed by atoms with Gasteiger partial charge >= 0.3 is 0 Å². The molecule has 0 radical (unpaired) electrons. The molecule has 1 aliphatic rings. The van der Waals surface area contributed by atoms with E-state index in [0.717, 1.165) is 31.8 Å². The van der Waals surface area contributed by atoms with Gasteiger partial charge in [0.1, 0.15) is 0 Å². The van der Waals surface area contributed by atoms with Crippen LogP contribution in [-0.4, -0.2) is 23.9 Å². The summed E-state index contributed by atoms with van der Waals surface area (Å²) in [6.45, 7) is 6.45. The standard InChI is InChI=1S/C14H27NO/c1-3-5-6-8-14(16)15-11-9-13(7-4-2)10-12-15/h13H,3-12H2,1-2H3. The van der Waals surface area contributed by atoms with E-state index in [1.54, 1.807) is 0 Å². The van der Waals surface area contributed by atoms with Crippen LogP contribution in [0.3, 0.4) is 0 Å². The van der Waals surface area contributed by atoms with Gasteiger partial charge in [-0.2, -0.15) is 0 Å². The molecule has 0 aromatic heterocycles. The van der Waals surface area contributed by atoms with Crippen LogP contribution in [0.25, 0.3) is 0 Å². The molecule has 1 rings (SSSR count). The summed E-state index contributed by atoms with van der Waals surface area (Å²) < 4.78 is 0. The minimum Gasteiger partial charge on any atom is -0.343 e. The summed E-state index contributed by atoms with van der Waals surface area (Å²) in [5, 5.41) is 0. The summed E-state index contributed by atoms with van der Waals surface area (Å²) in [4.78, 5) is 13.9. The highest BCUT2D eigenvalue weighted by molar-refractivity contribution is 5.76. The molecule has 1 heterocycles. The Morgan fingerprint density at radius 2 is 1.81 bits per heavy atom. The highest BCUT2D eigenvalue weighted by Crippen LogP contribution is 2.22. The number of hydrogen-bond acceptors (Lipinski definition) is 1. The third-order valence-electron chi connectivity index (χ3n) is 3.66. The van der Waals surface area contributed by atoms with Gasteiger partial charge in [0.15, 0.2) is 0 Å². The molecule has 0 aromatic carbocycles. The molecule has 1 fully saturated rings. The first-order chi connectivity index (χ1) is 7.77. The van der Waals surface area contributed by atoms with Crippen LogP contribution in [0, 0.1) is 5.92 Å². The van der Waals surface area contributed by atoms with Gasteiger partial charge in [0.05, 0.1) is 0 Å². The molecule has 0 aromatic rings. The van der Waals surface area contributed by atoms with Crippen LogP contribution >= 0.6 is 0 Å². The molecule has 0 aliphatic carbocycles. The number of carbonyl (C=O) groups is 1. The first-order valence-electron chi connectivity index (χ1n) is 7.05. The van der Waals surface area contributed by atoms with Crippen molar-refractivity contribution in [2.75, 3.05) is 13.1 Å². The summed E-state index contributed by atoms with van der Waals surface area (Å²) in [7, 11) is 0. The van der Waals surface area contributed by atoms with E-state index in [1.807, 2.05) is 0 Å². The second kappa shape index (κ2) is 7.70. The lowest BCUT2D eigenvalue weighted by Gasteiger charge is -2.32. The fraction of sp³-hybridized carbons (Fsp3) is 0.929. The van der Waals surface area contributed by atoms with E-state index in [-0.39, 0.29) is 0 Å². The van der Waals surface area contributed by atoms with Crippen LogP contribution in [0.4, 0.5) is 0 Å². The Kier molecular flexibility index (Phi) is 6.51. The molecule has 0 spiro atoms. The zero-order chi connectivity index (χ0) is 11.8. The number of nitrogens with zero attached hydrogens (tertiary/aromatic N) is 1. The maximum absolute atomic E-state index is 11.9. The number of hydrogen-bond donors (Lipinski definition) is 0. The molecule has 1 saturated heterocycles. The van der Waals surface area contributed by atoms with Crippen LogP contribution in [0.2, 0.25) is 0 Å². The second-order valence-electron chi connectivity index (χ2n) is 5.07. The lowest BCUT2D eigenvalue weighted by Crippen LogP contribution is -2.38. The van der Waals surface area contributed by atoms with Gasteiger partial charge in [-0.1, -0.05) is 39.5 Å². The summed E-state index contributed by atoms with van der Waals surface area (Å²) in [5.74, 6) is 1.27. The Morgan fingerprint density at radius 1 is 1.12 bits per heavy atom. The number of piperidine rings is 1. The lowest BCUT2D eigenvalue weighted by molar-refractivity contribution is -0.132. The molecule has 1 aliphatic heterocycles. The van der Waals surface area contributed by atoms with Gasteiger partial charge in [-0.05, 0) is 25.2 Å². The molecule has 0 saturated carbocycles. The quantitative estimate of drug-likeness (QED) is 0.632. The fourth-order valence-electron chi connectivity index (χ4n) is 2.56. The molecule has 2 heteroatoms. The van der Waals surface area contributed by atoms with Crippen LogP contribution in [0.5, 0.6) is 0 Å². The maximum Gasteiger partial charge on any atom is 0.222 e. The predicted molar refractivity (Wildman–Crippen MR) is 68.4 cm³/mol. The molecule has 1 amide bonds. The Hall–Kier alpha value is -0.530. The number of amides is 1. The Labute approximate surface area is 100 Å². The van der Waals surface area contributed by atoms with E-state index in [2.05, 4.69) is 18.7 Å². The second-order valence-corrected chi connectivity index (χ2v) is 5.07. The van der Waals surface area contributed by atoms with Crippen molar-refractivity contribution in [1.29, 1.82) is 0 Å². The molecule has 94 valence electrons. The summed E-state index contributed by atoms with van der Waals surface area (Å²) in [6.07, 6.45) is 9.33. The third kappa shape index (κ3) is 4.54. The first kappa shape index (κ1) is 13.5. The zero-order valence-corrected chi connectivity index (χ0v) is 11.0. The van der Waals surface area contributed by atoms with Crippen LogP contribution in [-0.2, 0) is 4.79 Å². The molecular formula is C14H27NO. The minimum absolute atomic E-state index is 0.392. The highest BCUT2D eigenvalue weighted by Gasteiger charge is 2.21. The van der Waals surface area contributed by atoms with Crippen LogP contribution < -0.4 is 0 Å². The molecule has 16 heavy (non-hydrogen) atoms. The van der Waals surface area contributed by atoms with E-state index in [0.29, 0.717) is 5.91 Å². The highest BCUT2D eigenvalue weighted by atomic mass is 16.2. The number of carbonyl (C=O) groups excluding carboxylic acids is 1. The normalized spacial score (nSPS) is 17.8. The summed E-state index contributed by atoms with van der Waals surface area (Å²) in [6, 6.07) is 0.